The molecule has 3 unspecified atom stereocenters. The lowest BCUT2D eigenvalue weighted by atomic mass is 9.47. The van der Waals surface area contributed by atoms with Gasteiger partial charge in [-0.2, -0.15) is 0 Å². The number of oxime groups is 1. The summed E-state index contributed by atoms with van der Waals surface area (Å²) in [7, 11) is 0. The van der Waals surface area contributed by atoms with Gasteiger partial charge in [-0.25, -0.2) is 0 Å². The molecule has 0 bridgehead atoms. The molecule has 4 aliphatic carbocycles. The van der Waals surface area contributed by atoms with Crippen molar-refractivity contribution in [1.29, 1.82) is 0 Å². The van der Waals surface area contributed by atoms with Gasteiger partial charge >= 0.3 is 0 Å². The predicted octanol–water partition coefficient (Wildman–Crippen LogP) is 4.84. The zero-order valence-electron chi connectivity index (χ0n) is 16.0. The van der Waals surface area contributed by atoms with Crippen LogP contribution >= 0.6 is 0 Å². The van der Waals surface area contributed by atoms with E-state index in [9.17, 15) is 0 Å². The molecule has 0 aromatic rings. The summed E-state index contributed by atoms with van der Waals surface area (Å²) in [5.41, 5.74) is 10.6. The van der Waals surface area contributed by atoms with Gasteiger partial charge in [0.1, 0.15) is 6.61 Å². The van der Waals surface area contributed by atoms with Crippen molar-refractivity contribution in [1.82, 2.24) is 0 Å². The van der Waals surface area contributed by atoms with E-state index in [-0.39, 0.29) is 0 Å². The molecule has 3 nitrogen and oxygen atoms in total. The SMILES string of the molecule is C=C1CCC2C3CCC4=C/C(=N/OCCN)CC[C@]4(C)C3CC[C@]12C. The third-order valence-corrected chi connectivity index (χ3v) is 8.32. The molecule has 3 heteroatoms. The highest BCUT2D eigenvalue weighted by Gasteiger charge is 2.57. The smallest absolute Gasteiger partial charge is 0.129 e. The Morgan fingerprint density at radius 3 is 2.72 bits per heavy atom. The number of nitrogens with zero attached hydrogens (tertiary/aromatic N) is 1. The van der Waals surface area contributed by atoms with E-state index in [1.165, 1.54) is 50.5 Å². The number of allylic oxidation sites excluding steroid dienone is 3. The lowest BCUT2D eigenvalue weighted by molar-refractivity contribution is -0.0226. The van der Waals surface area contributed by atoms with E-state index >= 15 is 0 Å². The quantitative estimate of drug-likeness (QED) is 0.453. The highest BCUT2D eigenvalue weighted by Crippen LogP contribution is 2.66. The Labute approximate surface area is 152 Å². The van der Waals surface area contributed by atoms with Crippen LogP contribution in [0.25, 0.3) is 0 Å². The molecular weight excluding hydrogens is 308 g/mol. The van der Waals surface area contributed by atoms with Crippen LogP contribution in [0.3, 0.4) is 0 Å². The van der Waals surface area contributed by atoms with Gasteiger partial charge in [0.15, 0.2) is 0 Å². The lowest BCUT2D eigenvalue weighted by Crippen LogP contribution is -2.49. The van der Waals surface area contributed by atoms with E-state index in [0.717, 1.165) is 29.9 Å². The second-order valence-electron chi connectivity index (χ2n) is 9.31. The summed E-state index contributed by atoms with van der Waals surface area (Å²) in [5.74, 6) is 2.62. The average molecular weight is 343 g/mol. The molecule has 0 aromatic heterocycles. The fourth-order valence-corrected chi connectivity index (χ4v) is 6.73. The van der Waals surface area contributed by atoms with E-state index in [1.54, 1.807) is 5.57 Å². The molecule has 2 N–H and O–H groups in total. The van der Waals surface area contributed by atoms with Gasteiger partial charge in [-0.3, -0.25) is 0 Å². The minimum absolute atomic E-state index is 0.376. The number of hydrogen-bond donors (Lipinski definition) is 1. The maximum absolute atomic E-state index is 5.49. The number of fused-ring (bicyclic) bond motifs is 5. The number of nitrogens with two attached hydrogens (primary N) is 1. The molecule has 0 aromatic carbocycles. The fourth-order valence-electron chi connectivity index (χ4n) is 6.73. The van der Waals surface area contributed by atoms with Gasteiger partial charge < -0.3 is 10.6 Å². The van der Waals surface area contributed by atoms with Crippen molar-refractivity contribution in [2.45, 2.75) is 65.2 Å². The van der Waals surface area contributed by atoms with Gasteiger partial charge in [0.05, 0.1) is 5.71 Å². The standard InChI is InChI=1S/C22H34N2O/c1-15-4-7-19-18-6-5-16-14-17(24-25-13-12-23)8-10-22(16,3)20(18)9-11-21(15,19)2/h14,18-20H,1,4-13,23H2,2-3H3/b24-17+/t18?,19?,20?,21-,22+/m1/s1. The molecule has 5 atom stereocenters. The summed E-state index contributed by atoms with van der Waals surface area (Å²) in [4.78, 5) is 5.33. The molecule has 4 aliphatic rings. The highest BCUT2D eigenvalue weighted by atomic mass is 16.6. The molecule has 0 heterocycles. The van der Waals surface area contributed by atoms with Gasteiger partial charge in [-0.1, -0.05) is 36.7 Å². The second-order valence-corrected chi connectivity index (χ2v) is 9.31. The van der Waals surface area contributed by atoms with Crippen molar-refractivity contribution in [2.75, 3.05) is 13.2 Å². The van der Waals surface area contributed by atoms with Crippen molar-refractivity contribution < 1.29 is 4.84 Å². The zero-order chi connectivity index (χ0) is 17.7. The predicted molar refractivity (Wildman–Crippen MR) is 103 cm³/mol. The first-order chi connectivity index (χ1) is 12.0. The van der Waals surface area contributed by atoms with Crippen LogP contribution in [0.1, 0.15) is 65.2 Å². The third kappa shape index (κ3) is 2.61. The summed E-state index contributed by atoms with van der Waals surface area (Å²) < 4.78 is 0. The van der Waals surface area contributed by atoms with E-state index < -0.39 is 0 Å². The highest BCUT2D eigenvalue weighted by molar-refractivity contribution is 5.96. The molecule has 25 heavy (non-hydrogen) atoms. The van der Waals surface area contributed by atoms with Crippen LogP contribution in [-0.4, -0.2) is 18.9 Å². The summed E-state index contributed by atoms with van der Waals surface area (Å²) in [6.45, 7) is 10.5. The zero-order valence-corrected chi connectivity index (χ0v) is 16.0. The van der Waals surface area contributed by atoms with Crippen molar-refractivity contribution >= 4 is 5.71 Å². The van der Waals surface area contributed by atoms with Crippen LogP contribution in [0.15, 0.2) is 29.0 Å². The minimum Gasteiger partial charge on any atom is -0.394 e. The Morgan fingerprint density at radius 2 is 1.92 bits per heavy atom. The largest absolute Gasteiger partial charge is 0.394 e. The Kier molecular flexibility index (Phi) is 4.34. The van der Waals surface area contributed by atoms with E-state index in [0.29, 0.717) is 24.0 Å². The molecule has 0 radical (unpaired) electrons. The second kappa shape index (κ2) is 6.26. The molecule has 0 saturated heterocycles. The van der Waals surface area contributed by atoms with Gasteiger partial charge in [0.2, 0.25) is 0 Å². The van der Waals surface area contributed by atoms with Gasteiger partial charge in [-0.15, -0.1) is 0 Å². The molecule has 0 amide bonds. The molecule has 0 spiro atoms. The van der Waals surface area contributed by atoms with Gasteiger partial charge in [0, 0.05) is 6.54 Å². The van der Waals surface area contributed by atoms with Crippen molar-refractivity contribution in [2.24, 2.45) is 39.5 Å². The van der Waals surface area contributed by atoms with Crippen LogP contribution in [0, 0.1) is 28.6 Å². The van der Waals surface area contributed by atoms with E-state index in [1.807, 2.05) is 0 Å². The molecule has 4 rings (SSSR count). The summed E-state index contributed by atoms with van der Waals surface area (Å²) in [5, 5.41) is 4.32. The Bertz CT molecular complexity index is 622. The fraction of sp³-hybridized carbons (Fsp3) is 0.773. The first-order valence-corrected chi connectivity index (χ1v) is 10.3. The van der Waals surface area contributed by atoms with Crippen molar-refractivity contribution in [3.8, 4) is 0 Å². The average Bonchev–Trinajstić information content (AvgIpc) is 2.90. The van der Waals surface area contributed by atoms with Crippen molar-refractivity contribution in [3.63, 3.8) is 0 Å². The van der Waals surface area contributed by atoms with Crippen LogP contribution in [-0.2, 0) is 4.84 Å². The Balaban J connectivity index is 1.58. The molecule has 0 aliphatic heterocycles. The van der Waals surface area contributed by atoms with E-state index in [2.05, 4.69) is 31.7 Å². The van der Waals surface area contributed by atoms with Gasteiger partial charge in [0.25, 0.3) is 0 Å². The number of rotatable bonds is 3. The lowest BCUT2D eigenvalue weighted by Gasteiger charge is -2.57. The van der Waals surface area contributed by atoms with Gasteiger partial charge in [-0.05, 0) is 86.0 Å². The van der Waals surface area contributed by atoms with Crippen molar-refractivity contribution in [3.05, 3.63) is 23.8 Å². The van der Waals surface area contributed by atoms with E-state index in [4.69, 9.17) is 10.6 Å². The molecule has 3 fully saturated rings. The molecular formula is C22H34N2O. The monoisotopic (exact) mass is 342 g/mol. The van der Waals surface area contributed by atoms with Crippen LogP contribution in [0.2, 0.25) is 0 Å². The maximum Gasteiger partial charge on any atom is 0.129 e. The van der Waals surface area contributed by atoms with Crippen LogP contribution in [0.5, 0.6) is 0 Å². The third-order valence-electron chi connectivity index (χ3n) is 8.32. The summed E-state index contributed by atoms with van der Waals surface area (Å²) in [6, 6.07) is 0. The number of hydrogen-bond acceptors (Lipinski definition) is 3. The normalized spacial score (nSPS) is 44.8. The topological polar surface area (TPSA) is 47.6 Å². The summed E-state index contributed by atoms with van der Waals surface area (Å²) >= 11 is 0. The first kappa shape index (κ1) is 17.3. The first-order valence-electron chi connectivity index (χ1n) is 10.3. The summed E-state index contributed by atoms with van der Waals surface area (Å²) in [6.07, 6.45) is 12.6. The van der Waals surface area contributed by atoms with Crippen LogP contribution in [0.4, 0.5) is 0 Å². The molecule has 138 valence electrons. The Hall–Kier alpha value is -1.09. The minimum atomic E-state index is 0.376. The van der Waals surface area contributed by atoms with Crippen LogP contribution < -0.4 is 5.73 Å². The Morgan fingerprint density at radius 1 is 1.12 bits per heavy atom. The maximum atomic E-state index is 5.49. The molecule has 3 saturated carbocycles.